The molecule has 42 heavy (non-hydrogen) atoms. The zero-order valence-electron chi connectivity index (χ0n) is 24.0. The van der Waals surface area contributed by atoms with E-state index in [9.17, 15) is 23.2 Å². The lowest BCUT2D eigenvalue weighted by Crippen LogP contribution is -2.57. The Morgan fingerprint density at radius 1 is 1.02 bits per heavy atom. The zero-order valence-corrected chi connectivity index (χ0v) is 24.8. The van der Waals surface area contributed by atoms with Crippen LogP contribution in [0, 0.1) is 38.0 Å². The third kappa shape index (κ3) is 5.86. The van der Waals surface area contributed by atoms with Crippen LogP contribution in [0.25, 0.3) is 0 Å². The van der Waals surface area contributed by atoms with E-state index >= 15 is 0 Å². The molecule has 3 fully saturated rings. The van der Waals surface area contributed by atoms with Gasteiger partial charge in [-0.1, -0.05) is 17.7 Å². The van der Waals surface area contributed by atoms with Gasteiger partial charge in [-0.3, -0.25) is 19.3 Å². The number of fused-ring (bicyclic) bond motifs is 1. The largest absolute Gasteiger partial charge is 0.426 e. The number of hydrogen-bond donors (Lipinski definition) is 1. The molecule has 0 radical (unpaired) electrons. The van der Waals surface area contributed by atoms with Crippen LogP contribution < -0.4 is 10.5 Å². The maximum absolute atomic E-state index is 14.4. The second kappa shape index (κ2) is 11.5. The summed E-state index contributed by atoms with van der Waals surface area (Å²) in [7, 11) is 0. The van der Waals surface area contributed by atoms with E-state index in [1.165, 1.54) is 12.4 Å². The molecule has 226 valence electrons. The molecule has 3 heterocycles. The minimum absolute atomic E-state index is 0.0866. The van der Waals surface area contributed by atoms with Crippen molar-refractivity contribution >= 4 is 29.4 Å². The molecule has 3 atom stereocenters. The van der Waals surface area contributed by atoms with Crippen molar-refractivity contribution in [3.05, 3.63) is 52.1 Å². The number of aryl methyl sites for hydroxylation is 3. The first-order valence-corrected chi connectivity index (χ1v) is 14.6. The Hall–Kier alpha value is -3.18. The number of esters is 1. The summed E-state index contributed by atoms with van der Waals surface area (Å²) in [6.07, 6.45) is 0.00190. The van der Waals surface area contributed by atoms with Crippen LogP contribution in [0.3, 0.4) is 0 Å². The van der Waals surface area contributed by atoms with E-state index in [-0.39, 0.29) is 42.8 Å². The molecule has 0 spiro atoms. The molecule has 3 unspecified atom stereocenters. The van der Waals surface area contributed by atoms with Crippen molar-refractivity contribution in [1.29, 1.82) is 0 Å². The summed E-state index contributed by atoms with van der Waals surface area (Å²) in [6, 6.07) is 4.13. The quantitative estimate of drug-likeness (QED) is 0.374. The van der Waals surface area contributed by atoms with Crippen molar-refractivity contribution in [3.8, 4) is 5.75 Å². The van der Waals surface area contributed by atoms with Crippen LogP contribution >= 0.6 is 11.6 Å². The van der Waals surface area contributed by atoms with Crippen molar-refractivity contribution in [2.24, 2.45) is 23.0 Å². The molecule has 1 saturated carbocycles. The number of halogens is 3. The lowest BCUT2D eigenvalue weighted by molar-refractivity contribution is -0.162. The number of primary amides is 1. The summed E-state index contributed by atoms with van der Waals surface area (Å²) < 4.78 is 34.6. The molecule has 5 rings (SSSR count). The number of nitrogens with zero attached hydrogens (tertiary/aromatic N) is 4. The molecule has 3 aliphatic rings. The van der Waals surface area contributed by atoms with E-state index in [1.54, 1.807) is 30.9 Å². The molecule has 9 nitrogen and oxygen atoms in total. The van der Waals surface area contributed by atoms with Crippen molar-refractivity contribution in [2.45, 2.75) is 64.8 Å². The van der Waals surface area contributed by atoms with Crippen molar-refractivity contribution in [1.82, 2.24) is 19.8 Å². The monoisotopic (exact) mass is 603 g/mol. The van der Waals surface area contributed by atoms with E-state index in [0.29, 0.717) is 48.2 Å². The fourth-order valence-corrected chi connectivity index (χ4v) is 7.13. The maximum atomic E-state index is 14.4. The van der Waals surface area contributed by atoms with Gasteiger partial charge in [0.15, 0.2) is 0 Å². The molecule has 1 aliphatic carbocycles. The lowest BCUT2D eigenvalue weighted by atomic mass is 9.66. The van der Waals surface area contributed by atoms with Crippen molar-refractivity contribution < 1.29 is 27.9 Å². The summed E-state index contributed by atoms with van der Waals surface area (Å²) in [4.78, 5) is 51.9. The molecule has 2 aromatic rings. The van der Waals surface area contributed by atoms with E-state index < -0.39 is 42.1 Å². The number of rotatable bonds is 7. The summed E-state index contributed by atoms with van der Waals surface area (Å²) in [5.41, 5.74) is 6.88. The fraction of sp³-hybridized carbons (Fsp3) is 0.567. The minimum atomic E-state index is -2.91. The number of carbonyl (C=O) groups excluding carboxylic acids is 3. The SMILES string of the molecule is Cc1ccc(OC(=O)C2(C(CC(N)=O)N3CC4CN(C(=O)c5c(C)ncnc5C)CC4C3)CCC(F)(F)CC2)cc1Cl. The molecule has 2 amide bonds. The number of benzene rings is 1. The number of hydrogen-bond acceptors (Lipinski definition) is 7. The predicted octanol–water partition coefficient (Wildman–Crippen LogP) is 4.10. The first-order valence-electron chi connectivity index (χ1n) is 14.3. The Bertz CT molecular complexity index is 1360. The number of ether oxygens (including phenoxy) is 1. The lowest BCUT2D eigenvalue weighted by Gasteiger charge is -2.46. The Kier molecular flexibility index (Phi) is 8.28. The van der Waals surface area contributed by atoms with Gasteiger partial charge >= 0.3 is 5.97 Å². The Morgan fingerprint density at radius 3 is 2.17 bits per heavy atom. The summed E-state index contributed by atoms with van der Waals surface area (Å²) >= 11 is 6.24. The molecule has 0 bridgehead atoms. The first-order chi connectivity index (χ1) is 19.8. The number of nitrogens with two attached hydrogens (primary N) is 1. The fourth-order valence-electron chi connectivity index (χ4n) is 6.96. The van der Waals surface area contributed by atoms with E-state index in [2.05, 4.69) is 9.97 Å². The van der Waals surface area contributed by atoms with Crippen molar-refractivity contribution in [2.75, 3.05) is 26.2 Å². The number of alkyl halides is 2. The van der Waals surface area contributed by atoms with Gasteiger partial charge in [-0.25, -0.2) is 18.7 Å². The molecular weight excluding hydrogens is 568 g/mol. The van der Waals surface area contributed by atoms with Gasteiger partial charge in [0.05, 0.1) is 22.4 Å². The molecule has 2 saturated heterocycles. The van der Waals surface area contributed by atoms with Gasteiger partial charge in [-0.15, -0.1) is 0 Å². The average Bonchev–Trinajstić information content (AvgIpc) is 3.49. The topological polar surface area (TPSA) is 119 Å². The first kappa shape index (κ1) is 30.3. The molecule has 12 heteroatoms. The smallest absolute Gasteiger partial charge is 0.319 e. The van der Waals surface area contributed by atoms with Gasteiger partial charge < -0.3 is 15.4 Å². The highest BCUT2D eigenvalue weighted by molar-refractivity contribution is 6.31. The minimum Gasteiger partial charge on any atom is -0.426 e. The number of likely N-dealkylation sites (tertiary alicyclic amines) is 2. The van der Waals surface area contributed by atoms with Crippen LogP contribution in [-0.2, 0) is 9.59 Å². The number of amides is 2. The van der Waals surface area contributed by atoms with Crippen molar-refractivity contribution in [3.63, 3.8) is 0 Å². The van der Waals surface area contributed by atoms with Gasteiger partial charge in [0.25, 0.3) is 5.91 Å². The van der Waals surface area contributed by atoms with Gasteiger partial charge in [-0.2, -0.15) is 0 Å². The van der Waals surface area contributed by atoms with Crippen LogP contribution in [0.5, 0.6) is 5.75 Å². The Balaban J connectivity index is 1.38. The molecule has 1 aromatic carbocycles. The summed E-state index contributed by atoms with van der Waals surface area (Å²) in [6.45, 7) is 7.37. The normalized spacial score (nSPS) is 23.8. The molecular formula is C30H36ClF2N5O4. The predicted molar refractivity (Wildman–Crippen MR) is 151 cm³/mol. The van der Waals surface area contributed by atoms with Crippen LogP contribution in [0.1, 0.15) is 59.4 Å². The molecule has 2 N–H and O–H groups in total. The van der Waals surface area contributed by atoms with Crippen LogP contribution in [0.2, 0.25) is 5.02 Å². The van der Waals surface area contributed by atoms with Gasteiger partial charge in [0, 0.05) is 56.5 Å². The Labute approximate surface area is 248 Å². The third-order valence-corrected chi connectivity index (χ3v) is 9.76. The van der Waals surface area contributed by atoms with Crippen LogP contribution in [-0.4, -0.2) is 75.7 Å². The molecule has 1 aromatic heterocycles. The Morgan fingerprint density at radius 2 is 1.62 bits per heavy atom. The van der Waals surface area contributed by atoms with Gasteiger partial charge in [0.2, 0.25) is 11.8 Å². The highest BCUT2D eigenvalue weighted by Crippen LogP contribution is 2.50. The van der Waals surface area contributed by atoms with Gasteiger partial charge in [-0.05, 0) is 63.1 Å². The van der Waals surface area contributed by atoms with Crippen LogP contribution in [0.15, 0.2) is 24.5 Å². The highest BCUT2D eigenvalue weighted by Gasteiger charge is 2.57. The van der Waals surface area contributed by atoms with E-state index in [1.807, 2.05) is 11.8 Å². The summed E-state index contributed by atoms with van der Waals surface area (Å²) in [5.74, 6) is -3.92. The van der Waals surface area contributed by atoms with Gasteiger partial charge in [0.1, 0.15) is 12.1 Å². The molecule has 2 aliphatic heterocycles. The average molecular weight is 604 g/mol. The van der Waals surface area contributed by atoms with Crippen LogP contribution in [0.4, 0.5) is 8.78 Å². The van der Waals surface area contributed by atoms with E-state index in [0.717, 1.165) is 5.56 Å². The second-order valence-electron chi connectivity index (χ2n) is 12.1. The number of carbonyl (C=O) groups is 3. The highest BCUT2D eigenvalue weighted by atomic mass is 35.5. The standard InChI is InChI=1S/C30H36ClF2N5O4/c1-17-4-5-22(10-23(17)31)42-28(41)29(6-8-30(32,33)9-7-29)24(11-25(34)39)37-12-20-14-38(15-21(20)13-37)27(40)26-18(2)35-16-36-19(26)3/h4-5,10,16,20-21,24H,6-9,11-15H2,1-3H3,(H2,34,39). The third-order valence-electron chi connectivity index (χ3n) is 9.35. The number of aromatic nitrogens is 2. The summed E-state index contributed by atoms with van der Waals surface area (Å²) in [5, 5.41) is 0.414. The maximum Gasteiger partial charge on any atom is 0.319 e. The van der Waals surface area contributed by atoms with E-state index in [4.69, 9.17) is 22.1 Å². The zero-order chi connectivity index (χ0) is 30.4. The second-order valence-corrected chi connectivity index (χ2v) is 12.5.